The molecule has 3 atom stereocenters. The van der Waals surface area contributed by atoms with Crippen LogP contribution in [0.2, 0.25) is 0 Å². The number of ether oxygens (including phenoxy) is 1. The predicted octanol–water partition coefficient (Wildman–Crippen LogP) is 2.18. The van der Waals surface area contributed by atoms with Crippen LogP contribution in [0.3, 0.4) is 0 Å². The van der Waals surface area contributed by atoms with E-state index in [1.54, 1.807) is 0 Å². The summed E-state index contributed by atoms with van der Waals surface area (Å²) in [7, 11) is -3.20. The van der Waals surface area contributed by atoms with E-state index in [-0.39, 0.29) is 18.7 Å². The first kappa shape index (κ1) is 20.8. The van der Waals surface area contributed by atoms with Crippen LogP contribution in [0.1, 0.15) is 12.8 Å². The Labute approximate surface area is 183 Å². The summed E-state index contributed by atoms with van der Waals surface area (Å²) >= 11 is 0. The maximum absolute atomic E-state index is 11.4. The molecular weight excluding hydrogens is 434 g/mol. The van der Waals surface area contributed by atoms with Crippen molar-refractivity contribution < 1.29 is 22.8 Å². The van der Waals surface area contributed by atoms with Gasteiger partial charge in [0.2, 0.25) is 5.88 Å². The van der Waals surface area contributed by atoms with E-state index in [1.165, 1.54) is 13.4 Å². The van der Waals surface area contributed by atoms with Crippen molar-refractivity contribution in [3.63, 3.8) is 0 Å². The summed E-state index contributed by atoms with van der Waals surface area (Å²) in [5, 5.41) is 12.4. The van der Waals surface area contributed by atoms with E-state index in [0.717, 1.165) is 20.6 Å². The number of aromatic amines is 1. The van der Waals surface area contributed by atoms with Crippen LogP contribution < -0.4 is 4.74 Å². The Morgan fingerprint density at radius 3 is 2.72 bits per heavy atom. The standard InChI is InChI=1S/C21H21N5O5S/c1-26(32(28,29)30)16-9-13(10-17(16)27)31-21-18-20(22-11-23-21)25-19(24-18)15-8-4-6-12-5-2-3-7-14(12)15/h2-8,11,13,16-17,27H,9-10H2,1H3,(H,28,29,30)(H,22,23,24,25)/t13-,16+,17+/m1/s1. The predicted molar refractivity (Wildman–Crippen MR) is 117 cm³/mol. The zero-order valence-electron chi connectivity index (χ0n) is 17.1. The number of aliphatic hydroxyl groups excluding tert-OH is 1. The fraction of sp³-hybridized carbons (Fsp3) is 0.286. The van der Waals surface area contributed by atoms with E-state index in [9.17, 15) is 18.1 Å². The third kappa shape index (κ3) is 3.69. The Kier molecular flexibility index (Phi) is 5.05. The molecule has 3 N–H and O–H groups in total. The van der Waals surface area contributed by atoms with E-state index in [4.69, 9.17) is 4.74 Å². The van der Waals surface area contributed by atoms with Gasteiger partial charge in [-0.05, 0) is 10.8 Å². The quantitative estimate of drug-likeness (QED) is 0.389. The highest BCUT2D eigenvalue weighted by Gasteiger charge is 2.40. The third-order valence-electron chi connectivity index (χ3n) is 5.86. The lowest BCUT2D eigenvalue weighted by molar-refractivity contribution is 0.113. The molecule has 2 aromatic carbocycles. The number of rotatable bonds is 5. The minimum absolute atomic E-state index is 0.195. The van der Waals surface area contributed by atoms with Gasteiger partial charge in [-0.15, -0.1) is 0 Å². The Balaban J connectivity index is 1.46. The van der Waals surface area contributed by atoms with Gasteiger partial charge in [-0.2, -0.15) is 17.7 Å². The van der Waals surface area contributed by atoms with Crippen molar-refractivity contribution in [1.82, 2.24) is 24.2 Å². The second-order valence-corrected chi connectivity index (χ2v) is 9.30. The number of H-pyrrole nitrogens is 1. The SMILES string of the molecule is CN([C@H]1C[C@@H](Oc2ncnc3nc(-c4cccc5ccccc45)[nH]c23)C[C@@H]1O)S(=O)(=O)O. The molecule has 10 nitrogen and oxygen atoms in total. The van der Waals surface area contributed by atoms with Crippen molar-refractivity contribution in [2.75, 3.05) is 7.05 Å². The minimum atomic E-state index is -4.42. The molecule has 11 heteroatoms. The van der Waals surface area contributed by atoms with Crippen LogP contribution in [-0.4, -0.2) is 67.6 Å². The van der Waals surface area contributed by atoms with E-state index in [1.807, 2.05) is 42.5 Å². The molecule has 166 valence electrons. The molecule has 2 aromatic heterocycles. The first-order chi connectivity index (χ1) is 15.3. The van der Waals surface area contributed by atoms with Gasteiger partial charge in [0.05, 0.1) is 12.1 Å². The van der Waals surface area contributed by atoms with Crippen molar-refractivity contribution in [2.45, 2.75) is 31.1 Å². The van der Waals surface area contributed by atoms with E-state index in [2.05, 4.69) is 19.9 Å². The maximum atomic E-state index is 11.4. The maximum Gasteiger partial charge on any atom is 0.335 e. The number of nitrogens with zero attached hydrogens (tertiary/aromatic N) is 4. The zero-order chi connectivity index (χ0) is 22.5. The summed E-state index contributed by atoms with van der Waals surface area (Å²) in [5.74, 6) is 0.888. The largest absolute Gasteiger partial charge is 0.473 e. The van der Waals surface area contributed by atoms with Crippen LogP contribution in [0.15, 0.2) is 48.8 Å². The topological polar surface area (TPSA) is 142 Å². The van der Waals surface area contributed by atoms with Crippen LogP contribution >= 0.6 is 0 Å². The van der Waals surface area contributed by atoms with Crippen LogP contribution in [0, 0.1) is 0 Å². The van der Waals surface area contributed by atoms with Crippen molar-refractivity contribution in [3.8, 4) is 17.3 Å². The van der Waals surface area contributed by atoms with Gasteiger partial charge < -0.3 is 14.8 Å². The molecule has 1 aliphatic rings. The number of aromatic nitrogens is 4. The fourth-order valence-electron chi connectivity index (χ4n) is 4.22. The molecule has 1 fully saturated rings. The molecule has 1 aliphatic carbocycles. The van der Waals surface area contributed by atoms with Gasteiger partial charge in [-0.1, -0.05) is 42.5 Å². The van der Waals surface area contributed by atoms with Crippen LogP contribution in [-0.2, 0) is 10.3 Å². The lowest BCUT2D eigenvalue weighted by Gasteiger charge is -2.22. The Bertz CT molecular complexity index is 1400. The van der Waals surface area contributed by atoms with Gasteiger partial charge in [-0.3, -0.25) is 4.55 Å². The molecule has 0 unspecified atom stereocenters. The van der Waals surface area contributed by atoms with Gasteiger partial charge in [-0.25, -0.2) is 9.97 Å². The van der Waals surface area contributed by atoms with Crippen LogP contribution in [0.25, 0.3) is 33.3 Å². The highest BCUT2D eigenvalue weighted by molar-refractivity contribution is 7.83. The zero-order valence-corrected chi connectivity index (χ0v) is 17.9. The van der Waals surface area contributed by atoms with Gasteiger partial charge in [0.1, 0.15) is 23.8 Å². The van der Waals surface area contributed by atoms with E-state index < -0.39 is 28.6 Å². The summed E-state index contributed by atoms with van der Waals surface area (Å²) in [6, 6.07) is 13.2. The molecule has 0 amide bonds. The van der Waals surface area contributed by atoms with E-state index in [0.29, 0.717) is 17.0 Å². The number of hydrogen-bond donors (Lipinski definition) is 3. The summed E-state index contributed by atoms with van der Waals surface area (Å²) < 4.78 is 38.9. The smallest absolute Gasteiger partial charge is 0.335 e. The highest BCUT2D eigenvalue weighted by Crippen LogP contribution is 2.32. The first-order valence-corrected chi connectivity index (χ1v) is 11.4. The first-order valence-electron chi connectivity index (χ1n) is 10.1. The van der Waals surface area contributed by atoms with Crippen molar-refractivity contribution >= 4 is 32.2 Å². The normalized spacial score (nSPS) is 21.6. The number of likely N-dealkylation sites (N-methyl/N-ethyl adjacent to an activating group) is 1. The molecule has 0 saturated heterocycles. The summed E-state index contributed by atoms with van der Waals surface area (Å²) in [4.78, 5) is 16.3. The summed E-state index contributed by atoms with van der Waals surface area (Å²) in [5.41, 5.74) is 1.86. The molecule has 32 heavy (non-hydrogen) atoms. The van der Waals surface area contributed by atoms with Crippen molar-refractivity contribution in [2.24, 2.45) is 0 Å². The molecule has 5 rings (SSSR count). The van der Waals surface area contributed by atoms with Gasteiger partial charge >= 0.3 is 10.3 Å². The average Bonchev–Trinajstić information content (AvgIpc) is 3.36. The van der Waals surface area contributed by atoms with Gasteiger partial charge in [0.15, 0.2) is 5.65 Å². The lowest BCUT2D eigenvalue weighted by atomic mass is 10.0. The highest BCUT2D eigenvalue weighted by atomic mass is 32.2. The lowest BCUT2D eigenvalue weighted by Crippen LogP contribution is -2.41. The molecular formula is C21H21N5O5S. The monoisotopic (exact) mass is 455 g/mol. The van der Waals surface area contributed by atoms with Crippen molar-refractivity contribution in [3.05, 3.63) is 48.8 Å². The third-order valence-corrected chi connectivity index (χ3v) is 6.86. The molecule has 1 saturated carbocycles. The Hall–Kier alpha value is -3.12. The molecule has 0 bridgehead atoms. The number of fused-ring (bicyclic) bond motifs is 2. The Morgan fingerprint density at radius 2 is 1.91 bits per heavy atom. The molecule has 0 spiro atoms. The van der Waals surface area contributed by atoms with Crippen molar-refractivity contribution in [1.29, 1.82) is 0 Å². The minimum Gasteiger partial charge on any atom is -0.473 e. The van der Waals surface area contributed by atoms with E-state index >= 15 is 0 Å². The van der Waals surface area contributed by atoms with Crippen LogP contribution in [0.4, 0.5) is 0 Å². The molecule has 0 radical (unpaired) electrons. The number of benzene rings is 2. The van der Waals surface area contributed by atoms with Gasteiger partial charge in [0.25, 0.3) is 0 Å². The average molecular weight is 455 g/mol. The second kappa shape index (κ2) is 7.78. The van der Waals surface area contributed by atoms with Crippen LogP contribution in [0.5, 0.6) is 5.88 Å². The molecule has 0 aliphatic heterocycles. The summed E-state index contributed by atoms with van der Waals surface area (Å²) in [6.45, 7) is 0. The second-order valence-electron chi connectivity index (χ2n) is 7.83. The fourth-order valence-corrected chi connectivity index (χ4v) is 4.79. The number of nitrogens with one attached hydrogen (secondary N) is 1. The molecule has 2 heterocycles. The van der Waals surface area contributed by atoms with Gasteiger partial charge in [0, 0.05) is 25.5 Å². The number of hydrogen-bond acceptors (Lipinski definition) is 7. The Morgan fingerprint density at radius 1 is 1.12 bits per heavy atom. The summed E-state index contributed by atoms with van der Waals surface area (Å²) in [6.07, 6.45) is 0.269. The number of imidazole rings is 1. The number of aliphatic hydroxyl groups is 1. The molecule has 4 aromatic rings.